The number of hydrogen-bond acceptors (Lipinski definition) is 2. The molecule has 1 aromatic carbocycles. The molecule has 1 aromatic rings. The molecule has 0 aromatic heterocycles. The molecule has 0 saturated heterocycles. The van der Waals surface area contributed by atoms with Crippen LogP contribution in [0.25, 0.3) is 0 Å². The Bertz CT molecular complexity index is 509. The SMILES string of the molecule is Cc1cccc(C)c1C(=O)NCC(CC(C)(C)C)C(=O)O. The number of carbonyl (C=O) groups excluding carboxylic acids is 1. The first-order valence-electron chi connectivity index (χ1n) is 7.19. The van der Waals surface area contributed by atoms with Crippen LogP contribution < -0.4 is 5.32 Å². The van der Waals surface area contributed by atoms with Gasteiger partial charge in [-0.1, -0.05) is 39.0 Å². The fraction of sp³-hybridized carbons (Fsp3) is 0.529. The number of hydrogen-bond donors (Lipinski definition) is 2. The molecule has 0 bridgehead atoms. The standard InChI is InChI=1S/C17H25NO3/c1-11-7-6-8-12(2)14(11)15(19)18-10-13(16(20)21)9-17(3,4)5/h6-8,13H,9-10H2,1-5H3,(H,18,19)(H,20,21). The highest BCUT2D eigenvalue weighted by Gasteiger charge is 2.25. The van der Waals surface area contributed by atoms with Crippen LogP contribution in [0.3, 0.4) is 0 Å². The maximum Gasteiger partial charge on any atom is 0.308 e. The Hall–Kier alpha value is -1.84. The van der Waals surface area contributed by atoms with Crippen LogP contribution in [0, 0.1) is 25.2 Å². The molecule has 1 atom stereocenters. The summed E-state index contributed by atoms with van der Waals surface area (Å²) in [6, 6.07) is 5.67. The first-order chi connectivity index (χ1) is 9.61. The Morgan fingerprint density at radius 3 is 2.14 bits per heavy atom. The van der Waals surface area contributed by atoms with Gasteiger partial charge in [0.1, 0.15) is 0 Å². The summed E-state index contributed by atoms with van der Waals surface area (Å²) in [5.41, 5.74) is 2.34. The van der Waals surface area contributed by atoms with E-state index in [1.54, 1.807) is 0 Å². The second-order valence-electron chi connectivity index (χ2n) is 6.78. The van der Waals surface area contributed by atoms with E-state index in [0.29, 0.717) is 12.0 Å². The monoisotopic (exact) mass is 291 g/mol. The zero-order valence-corrected chi connectivity index (χ0v) is 13.5. The van der Waals surface area contributed by atoms with Crippen molar-refractivity contribution >= 4 is 11.9 Å². The van der Waals surface area contributed by atoms with Crippen molar-refractivity contribution in [2.24, 2.45) is 11.3 Å². The second kappa shape index (κ2) is 6.74. The molecule has 0 aliphatic carbocycles. The Morgan fingerprint density at radius 2 is 1.71 bits per heavy atom. The summed E-state index contributed by atoms with van der Waals surface area (Å²) in [6.07, 6.45) is 0.523. The van der Waals surface area contributed by atoms with E-state index in [9.17, 15) is 14.7 Å². The quantitative estimate of drug-likeness (QED) is 0.875. The Kier molecular flexibility index (Phi) is 5.53. The average Bonchev–Trinajstić information content (AvgIpc) is 2.32. The lowest BCUT2D eigenvalue weighted by Gasteiger charge is -2.23. The van der Waals surface area contributed by atoms with Gasteiger partial charge >= 0.3 is 5.97 Å². The van der Waals surface area contributed by atoms with Crippen LogP contribution in [0.15, 0.2) is 18.2 Å². The van der Waals surface area contributed by atoms with Crippen molar-refractivity contribution in [3.63, 3.8) is 0 Å². The molecule has 21 heavy (non-hydrogen) atoms. The minimum Gasteiger partial charge on any atom is -0.481 e. The van der Waals surface area contributed by atoms with Gasteiger partial charge in [-0.05, 0) is 36.8 Å². The third-order valence-electron chi connectivity index (χ3n) is 3.43. The van der Waals surface area contributed by atoms with Gasteiger partial charge in [0, 0.05) is 12.1 Å². The number of rotatable bonds is 5. The molecule has 1 unspecified atom stereocenters. The number of carboxylic acid groups (broad SMARTS) is 1. The first kappa shape index (κ1) is 17.2. The second-order valence-corrected chi connectivity index (χ2v) is 6.78. The molecule has 0 aliphatic rings. The molecule has 0 saturated carbocycles. The summed E-state index contributed by atoms with van der Waals surface area (Å²) in [6.45, 7) is 9.90. The van der Waals surface area contributed by atoms with Crippen molar-refractivity contribution in [1.82, 2.24) is 5.32 Å². The van der Waals surface area contributed by atoms with Gasteiger partial charge in [0.05, 0.1) is 5.92 Å². The van der Waals surface area contributed by atoms with Crippen molar-refractivity contribution < 1.29 is 14.7 Å². The van der Waals surface area contributed by atoms with Crippen molar-refractivity contribution in [3.05, 3.63) is 34.9 Å². The molecule has 0 heterocycles. The third kappa shape index (κ3) is 5.21. The zero-order valence-electron chi connectivity index (χ0n) is 13.5. The van der Waals surface area contributed by atoms with E-state index < -0.39 is 11.9 Å². The molecule has 116 valence electrons. The number of aryl methyl sites for hydroxylation is 2. The molecule has 0 radical (unpaired) electrons. The summed E-state index contributed by atoms with van der Waals surface area (Å²) in [5, 5.41) is 12.0. The summed E-state index contributed by atoms with van der Waals surface area (Å²) in [7, 11) is 0. The maximum absolute atomic E-state index is 12.3. The molecule has 0 fully saturated rings. The molecule has 2 N–H and O–H groups in total. The van der Waals surface area contributed by atoms with Gasteiger partial charge in [0.15, 0.2) is 0 Å². The van der Waals surface area contributed by atoms with Crippen LogP contribution >= 0.6 is 0 Å². The van der Waals surface area contributed by atoms with Crippen molar-refractivity contribution in [2.75, 3.05) is 6.54 Å². The van der Waals surface area contributed by atoms with E-state index in [-0.39, 0.29) is 17.9 Å². The van der Waals surface area contributed by atoms with Crippen LogP contribution in [0.1, 0.15) is 48.7 Å². The first-order valence-corrected chi connectivity index (χ1v) is 7.19. The lowest BCUT2D eigenvalue weighted by atomic mass is 9.84. The van der Waals surface area contributed by atoms with Crippen LogP contribution in [0.5, 0.6) is 0 Å². The number of amides is 1. The molecular formula is C17H25NO3. The van der Waals surface area contributed by atoms with Gasteiger partial charge in [-0.15, -0.1) is 0 Å². The topological polar surface area (TPSA) is 66.4 Å². The molecule has 4 nitrogen and oxygen atoms in total. The van der Waals surface area contributed by atoms with Gasteiger partial charge in [0.2, 0.25) is 0 Å². The Labute approximate surface area is 126 Å². The third-order valence-corrected chi connectivity index (χ3v) is 3.43. The Balaban J connectivity index is 2.77. The van der Waals surface area contributed by atoms with Crippen LogP contribution in [0.2, 0.25) is 0 Å². The van der Waals surface area contributed by atoms with Crippen molar-refractivity contribution in [1.29, 1.82) is 0 Å². The minimum absolute atomic E-state index is 0.0909. The molecule has 0 spiro atoms. The number of nitrogens with one attached hydrogen (secondary N) is 1. The predicted octanol–water partition coefficient (Wildman–Crippen LogP) is 3.17. The van der Waals surface area contributed by atoms with Crippen LogP contribution in [-0.4, -0.2) is 23.5 Å². The summed E-state index contributed by atoms with van der Waals surface area (Å²) >= 11 is 0. The van der Waals surface area contributed by atoms with Gasteiger partial charge < -0.3 is 10.4 Å². The summed E-state index contributed by atoms with van der Waals surface area (Å²) in [5.74, 6) is -1.64. The highest BCUT2D eigenvalue weighted by atomic mass is 16.4. The highest BCUT2D eigenvalue weighted by Crippen LogP contribution is 2.24. The van der Waals surface area contributed by atoms with Gasteiger partial charge in [-0.3, -0.25) is 9.59 Å². The van der Waals surface area contributed by atoms with Gasteiger partial charge in [-0.2, -0.15) is 0 Å². The normalized spacial score (nSPS) is 12.8. The maximum atomic E-state index is 12.3. The largest absolute Gasteiger partial charge is 0.481 e. The lowest BCUT2D eigenvalue weighted by Crippen LogP contribution is -2.35. The Morgan fingerprint density at radius 1 is 1.19 bits per heavy atom. The van der Waals surface area contributed by atoms with E-state index in [2.05, 4.69) is 5.32 Å². The number of carboxylic acids is 1. The minimum atomic E-state index is -0.869. The summed E-state index contributed by atoms with van der Waals surface area (Å²) < 4.78 is 0. The van der Waals surface area contributed by atoms with Gasteiger partial charge in [-0.25, -0.2) is 0 Å². The van der Waals surface area contributed by atoms with E-state index in [1.165, 1.54) is 0 Å². The predicted molar refractivity (Wildman–Crippen MR) is 83.4 cm³/mol. The fourth-order valence-corrected chi connectivity index (χ4v) is 2.46. The smallest absolute Gasteiger partial charge is 0.308 e. The molecule has 4 heteroatoms. The number of benzene rings is 1. The molecular weight excluding hydrogens is 266 g/mol. The van der Waals surface area contributed by atoms with Gasteiger partial charge in [0.25, 0.3) is 5.91 Å². The summed E-state index contributed by atoms with van der Waals surface area (Å²) in [4.78, 5) is 23.6. The molecule has 1 rings (SSSR count). The van der Waals surface area contributed by atoms with Crippen LogP contribution in [-0.2, 0) is 4.79 Å². The van der Waals surface area contributed by atoms with Crippen molar-refractivity contribution in [3.8, 4) is 0 Å². The zero-order chi connectivity index (χ0) is 16.2. The van der Waals surface area contributed by atoms with E-state index in [4.69, 9.17) is 0 Å². The number of carbonyl (C=O) groups is 2. The molecule has 1 amide bonds. The van der Waals surface area contributed by atoms with Crippen LogP contribution in [0.4, 0.5) is 0 Å². The number of aliphatic carboxylic acids is 1. The molecule has 0 aliphatic heterocycles. The van der Waals surface area contributed by atoms with E-state index >= 15 is 0 Å². The fourth-order valence-electron chi connectivity index (χ4n) is 2.46. The van der Waals surface area contributed by atoms with E-state index in [0.717, 1.165) is 11.1 Å². The lowest BCUT2D eigenvalue weighted by molar-refractivity contribution is -0.142. The van der Waals surface area contributed by atoms with Crippen molar-refractivity contribution in [2.45, 2.75) is 41.0 Å². The highest BCUT2D eigenvalue weighted by molar-refractivity contribution is 5.97. The average molecular weight is 291 g/mol. The van der Waals surface area contributed by atoms with E-state index in [1.807, 2.05) is 52.8 Å².